The van der Waals surface area contributed by atoms with Crippen molar-refractivity contribution in [2.45, 2.75) is 27.7 Å². The van der Waals surface area contributed by atoms with Crippen molar-refractivity contribution in [2.24, 2.45) is 0 Å². The number of rotatable bonds is 6. The van der Waals surface area contributed by atoms with E-state index in [1.165, 1.54) is 0 Å². The minimum atomic E-state index is -3.73. The molecule has 0 saturated carbocycles. The van der Waals surface area contributed by atoms with Crippen LogP contribution in [0.25, 0.3) is 0 Å². The van der Waals surface area contributed by atoms with Crippen molar-refractivity contribution in [1.29, 1.82) is 0 Å². The fourth-order valence-electron chi connectivity index (χ4n) is 3.89. The first-order valence-corrected chi connectivity index (χ1v) is 12.3. The second-order valence-electron chi connectivity index (χ2n) is 7.65. The van der Waals surface area contributed by atoms with Crippen molar-refractivity contribution >= 4 is 40.8 Å². The Kier molecular flexibility index (Phi) is 7.29. The first-order valence-electron chi connectivity index (χ1n) is 10.6. The van der Waals surface area contributed by atoms with Crippen LogP contribution in [0.1, 0.15) is 34.0 Å². The summed E-state index contributed by atoms with van der Waals surface area (Å²) in [4.78, 5) is 38.2. The summed E-state index contributed by atoms with van der Waals surface area (Å²) in [5, 5.41) is 3.42. The smallest absolute Gasteiger partial charge is 0.397 e. The van der Waals surface area contributed by atoms with Crippen LogP contribution in [0.2, 0.25) is 0 Å². The Labute approximate surface area is 193 Å². The van der Waals surface area contributed by atoms with E-state index in [9.17, 15) is 18.9 Å². The van der Waals surface area contributed by atoms with Gasteiger partial charge in [0.25, 0.3) is 0 Å². The molecule has 0 fully saturated rings. The molecule has 6 nitrogen and oxygen atoms in total. The number of aryl methyl sites for hydroxylation is 2. The molecule has 1 amide bonds. The standard InChI is InChI=1S/C26H26NO5P/c1-5-32-25(29)24(28)27-23-18(3)16-17(2)22(19(23)4)26(30)33(31,20-12-8-6-9-13-20)21-14-10-7-11-15-21/h6-16H,5H2,1-4H3,(H,27,28). The van der Waals surface area contributed by atoms with Crippen LogP contribution in [0, 0.1) is 20.8 Å². The molecule has 0 radical (unpaired) electrons. The van der Waals surface area contributed by atoms with Gasteiger partial charge in [-0.05, 0) is 44.4 Å². The van der Waals surface area contributed by atoms with Gasteiger partial charge >= 0.3 is 11.9 Å². The largest absolute Gasteiger partial charge is 0.459 e. The maximum atomic E-state index is 14.5. The molecule has 0 atom stereocenters. The highest BCUT2D eigenvalue weighted by molar-refractivity contribution is 7.93. The van der Waals surface area contributed by atoms with Gasteiger partial charge in [-0.3, -0.25) is 9.59 Å². The lowest BCUT2D eigenvalue weighted by Crippen LogP contribution is -2.27. The van der Waals surface area contributed by atoms with E-state index in [2.05, 4.69) is 5.32 Å². The first kappa shape index (κ1) is 24.1. The zero-order chi connectivity index (χ0) is 24.2. The van der Waals surface area contributed by atoms with Crippen molar-refractivity contribution in [2.75, 3.05) is 11.9 Å². The molecule has 3 rings (SSSR count). The molecule has 0 aliphatic carbocycles. The van der Waals surface area contributed by atoms with Crippen molar-refractivity contribution in [1.82, 2.24) is 0 Å². The molecular formula is C26H26NO5P. The number of amides is 1. The normalized spacial score (nSPS) is 11.0. The minimum absolute atomic E-state index is 0.0686. The van der Waals surface area contributed by atoms with E-state index >= 15 is 0 Å². The quantitative estimate of drug-likeness (QED) is 0.335. The predicted octanol–water partition coefficient (Wildman–Crippen LogP) is 4.27. The number of hydrogen-bond donors (Lipinski definition) is 1. The van der Waals surface area contributed by atoms with Gasteiger partial charge in [0.1, 0.15) is 0 Å². The van der Waals surface area contributed by atoms with Crippen LogP contribution in [0.5, 0.6) is 0 Å². The maximum absolute atomic E-state index is 14.5. The highest BCUT2D eigenvalue weighted by atomic mass is 31.2. The van der Waals surface area contributed by atoms with Crippen LogP contribution in [0.4, 0.5) is 5.69 Å². The monoisotopic (exact) mass is 463 g/mol. The van der Waals surface area contributed by atoms with E-state index in [0.29, 0.717) is 33.0 Å². The maximum Gasteiger partial charge on any atom is 0.397 e. The van der Waals surface area contributed by atoms with Gasteiger partial charge in [0.2, 0.25) is 12.7 Å². The lowest BCUT2D eigenvalue weighted by molar-refractivity contribution is -0.152. The van der Waals surface area contributed by atoms with Crippen molar-refractivity contribution < 1.29 is 23.7 Å². The molecule has 0 aliphatic rings. The molecule has 0 spiro atoms. The summed E-state index contributed by atoms with van der Waals surface area (Å²) < 4.78 is 19.3. The van der Waals surface area contributed by atoms with Gasteiger partial charge in [0, 0.05) is 21.9 Å². The van der Waals surface area contributed by atoms with Gasteiger partial charge in [-0.2, -0.15) is 0 Å². The topological polar surface area (TPSA) is 89.5 Å². The van der Waals surface area contributed by atoms with E-state index in [0.717, 1.165) is 0 Å². The number of hydrogen-bond acceptors (Lipinski definition) is 5. The van der Waals surface area contributed by atoms with Gasteiger partial charge in [-0.15, -0.1) is 0 Å². The predicted molar refractivity (Wildman–Crippen MR) is 130 cm³/mol. The average Bonchev–Trinajstić information content (AvgIpc) is 2.82. The van der Waals surface area contributed by atoms with Gasteiger partial charge < -0.3 is 14.6 Å². The molecule has 0 aliphatic heterocycles. The number of benzene rings is 3. The van der Waals surface area contributed by atoms with Crippen LogP contribution in [-0.2, 0) is 18.9 Å². The zero-order valence-electron chi connectivity index (χ0n) is 19.0. The van der Waals surface area contributed by atoms with E-state index in [4.69, 9.17) is 4.74 Å². The van der Waals surface area contributed by atoms with E-state index < -0.39 is 24.5 Å². The molecule has 7 heteroatoms. The lowest BCUT2D eigenvalue weighted by Gasteiger charge is -2.22. The number of nitrogens with one attached hydrogen (secondary N) is 1. The molecule has 0 unspecified atom stereocenters. The summed E-state index contributed by atoms with van der Waals surface area (Å²) in [6.07, 6.45) is 0. The van der Waals surface area contributed by atoms with Gasteiger partial charge in [0.05, 0.1) is 6.61 Å². The Bertz CT molecular complexity index is 1210. The van der Waals surface area contributed by atoms with Gasteiger partial charge in [-0.1, -0.05) is 66.7 Å². The highest BCUT2D eigenvalue weighted by Gasteiger charge is 2.38. The molecule has 1 N–H and O–H groups in total. The SMILES string of the molecule is CCOC(=O)C(=O)Nc1c(C)cc(C)c(C(=O)P(=O)(c2ccccc2)c2ccccc2)c1C. The molecule has 3 aromatic rings. The van der Waals surface area contributed by atoms with Crippen LogP contribution in [-0.4, -0.2) is 24.0 Å². The van der Waals surface area contributed by atoms with Crippen LogP contribution >= 0.6 is 7.14 Å². The third-order valence-corrected chi connectivity index (χ3v) is 8.26. The molecule has 0 aromatic heterocycles. The summed E-state index contributed by atoms with van der Waals surface area (Å²) in [7, 11) is -3.73. The summed E-state index contributed by atoms with van der Waals surface area (Å²) in [5.74, 6) is -1.94. The highest BCUT2D eigenvalue weighted by Crippen LogP contribution is 2.48. The molecular weight excluding hydrogens is 437 g/mol. The first-order chi connectivity index (χ1) is 15.7. The molecule has 0 heterocycles. The Morgan fingerprint density at radius 2 is 1.36 bits per heavy atom. The minimum Gasteiger partial charge on any atom is -0.459 e. The van der Waals surface area contributed by atoms with E-state index in [1.807, 2.05) is 0 Å². The number of carbonyl (C=O) groups is 3. The fourth-order valence-corrected chi connectivity index (χ4v) is 6.50. The number of esters is 1. The van der Waals surface area contributed by atoms with Gasteiger partial charge in [0.15, 0.2) is 0 Å². The second-order valence-corrected chi connectivity index (χ2v) is 10.3. The number of ether oxygens (including phenoxy) is 1. The Morgan fingerprint density at radius 3 is 1.85 bits per heavy atom. The molecule has 170 valence electrons. The van der Waals surface area contributed by atoms with Crippen molar-refractivity contribution in [3.63, 3.8) is 0 Å². The zero-order valence-corrected chi connectivity index (χ0v) is 19.9. The van der Waals surface area contributed by atoms with Gasteiger partial charge in [-0.25, -0.2) is 4.79 Å². The lowest BCUT2D eigenvalue weighted by atomic mass is 9.98. The third kappa shape index (κ3) is 4.67. The van der Waals surface area contributed by atoms with Crippen molar-refractivity contribution in [3.8, 4) is 0 Å². The van der Waals surface area contributed by atoms with Crippen LogP contribution in [0.15, 0.2) is 66.7 Å². The van der Waals surface area contributed by atoms with Crippen LogP contribution in [0.3, 0.4) is 0 Å². The average molecular weight is 463 g/mol. The van der Waals surface area contributed by atoms with E-state index in [1.54, 1.807) is 94.4 Å². The summed E-state index contributed by atoms with van der Waals surface area (Å²) in [6.45, 7) is 6.88. The Hall–Kier alpha value is -3.50. The summed E-state index contributed by atoms with van der Waals surface area (Å²) >= 11 is 0. The van der Waals surface area contributed by atoms with Crippen LogP contribution < -0.4 is 15.9 Å². The molecule has 0 saturated heterocycles. The third-order valence-electron chi connectivity index (χ3n) is 5.41. The molecule has 3 aromatic carbocycles. The Morgan fingerprint density at radius 1 is 0.848 bits per heavy atom. The van der Waals surface area contributed by atoms with Crippen molar-refractivity contribution in [3.05, 3.63) is 89.0 Å². The Balaban J connectivity index is 2.18. The molecule has 33 heavy (non-hydrogen) atoms. The number of anilines is 1. The number of carbonyl (C=O) groups excluding carboxylic acids is 3. The van der Waals surface area contributed by atoms with E-state index in [-0.39, 0.29) is 12.2 Å². The molecule has 0 bridgehead atoms. The fraction of sp³-hybridized carbons (Fsp3) is 0.192. The summed E-state index contributed by atoms with van der Waals surface area (Å²) in [6, 6.07) is 19.1. The second kappa shape index (κ2) is 9.97. The summed E-state index contributed by atoms with van der Waals surface area (Å²) in [5.41, 5.74) is 1.82.